The summed E-state index contributed by atoms with van der Waals surface area (Å²) < 4.78 is 0. The van der Waals surface area contributed by atoms with Crippen LogP contribution in [-0.4, -0.2) is 11.2 Å². The van der Waals surface area contributed by atoms with Gasteiger partial charge in [0.2, 0.25) is 0 Å². The van der Waals surface area contributed by atoms with Gasteiger partial charge in [-0.25, -0.2) is 0 Å². The molecule has 4 aliphatic rings. The predicted molar refractivity (Wildman–Crippen MR) is 86.9 cm³/mol. The van der Waals surface area contributed by atoms with E-state index in [9.17, 15) is 5.11 Å². The number of hydrogen-bond donors (Lipinski definition) is 1. The molecule has 0 heterocycles. The van der Waals surface area contributed by atoms with Gasteiger partial charge in [-0.3, -0.25) is 0 Å². The second kappa shape index (κ2) is 3.89. The first-order chi connectivity index (χ1) is 9.70. The summed E-state index contributed by atoms with van der Waals surface area (Å²) in [6.45, 7) is 12.6. The van der Waals surface area contributed by atoms with Gasteiger partial charge in [0.1, 0.15) is 0 Å². The molecule has 4 aliphatic carbocycles. The molecule has 1 N–H and O–H groups in total. The van der Waals surface area contributed by atoms with Gasteiger partial charge in [-0.2, -0.15) is 0 Å². The van der Waals surface area contributed by atoms with Crippen molar-refractivity contribution in [1.29, 1.82) is 0 Å². The minimum absolute atomic E-state index is 0.0484. The van der Waals surface area contributed by atoms with Gasteiger partial charge in [-0.15, -0.1) is 0 Å². The Bertz CT molecular complexity index is 472. The van der Waals surface area contributed by atoms with Gasteiger partial charge in [0.15, 0.2) is 0 Å². The van der Waals surface area contributed by atoms with Gasteiger partial charge in [0, 0.05) is 0 Å². The van der Waals surface area contributed by atoms with Gasteiger partial charge >= 0.3 is 0 Å². The molecule has 120 valence electrons. The Hall–Kier alpha value is -0.0400. The summed E-state index contributed by atoms with van der Waals surface area (Å²) in [7, 11) is 0. The van der Waals surface area contributed by atoms with E-state index in [1.54, 1.807) is 0 Å². The number of aliphatic hydroxyl groups excluding tert-OH is 1. The van der Waals surface area contributed by atoms with E-state index >= 15 is 0 Å². The van der Waals surface area contributed by atoms with E-state index in [1.807, 2.05) is 0 Å². The Balaban J connectivity index is 1.89. The van der Waals surface area contributed by atoms with Crippen molar-refractivity contribution in [3.05, 3.63) is 0 Å². The summed E-state index contributed by atoms with van der Waals surface area (Å²) in [5.74, 6) is 2.17. The molecule has 1 nitrogen and oxygen atoms in total. The van der Waals surface area contributed by atoms with E-state index in [0.717, 1.165) is 18.3 Å². The normalized spacial score (nSPS) is 66.0. The third-order valence-corrected chi connectivity index (χ3v) is 9.74. The zero-order chi connectivity index (χ0) is 15.3. The Morgan fingerprint density at radius 3 is 2.29 bits per heavy atom. The van der Waals surface area contributed by atoms with Crippen LogP contribution in [0.15, 0.2) is 0 Å². The van der Waals surface area contributed by atoms with Crippen LogP contribution in [0, 0.1) is 39.4 Å². The highest BCUT2D eigenvalue weighted by atomic mass is 16.3. The minimum atomic E-state index is -0.0484. The zero-order valence-corrected chi connectivity index (χ0v) is 14.7. The molecule has 0 saturated heterocycles. The quantitative estimate of drug-likeness (QED) is 0.663. The molecular weight excluding hydrogens is 256 g/mol. The van der Waals surface area contributed by atoms with E-state index < -0.39 is 0 Å². The van der Waals surface area contributed by atoms with Crippen molar-refractivity contribution in [1.82, 2.24) is 0 Å². The molecule has 0 aromatic heterocycles. The largest absolute Gasteiger partial charge is 0.393 e. The molecule has 0 unspecified atom stereocenters. The molecule has 1 heteroatoms. The lowest BCUT2D eigenvalue weighted by molar-refractivity contribution is -0.150. The van der Waals surface area contributed by atoms with Crippen molar-refractivity contribution in [3.63, 3.8) is 0 Å². The third-order valence-electron chi connectivity index (χ3n) is 9.74. The van der Waals surface area contributed by atoms with Crippen LogP contribution in [0.4, 0.5) is 0 Å². The van der Waals surface area contributed by atoms with Gasteiger partial charge in [-0.05, 0) is 77.9 Å². The zero-order valence-electron chi connectivity index (χ0n) is 14.7. The topological polar surface area (TPSA) is 20.2 Å². The molecule has 4 fully saturated rings. The molecule has 0 radical (unpaired) electrons. The minimum Gasteiger partial charge on any atom is -0.393 e. The first-order valence-corrected chi connectivity index (χ1v) is 9.38. The van der Waals surface area contributed by atoms with Crippen molar-refractivity contribution in [2.24, 2.45) is 39.4 Å². The Morgan fingerprint density at radius 1 is 0.857 bits per heavy atom. The molecule has 0 amide bonds. The number of rotatable bonds is 0. The number of hydrogen-bond acceptors (Lipinski definition) is 1. The van der Waals surface area contributed by atoms with Crippen molar-refractivity contribution >= 4 is 0 Å². The highest BCUT2D eigenvalue weighted by molar-refractivity contribution is 5.23. The second-order valence-electron chi connectivity index (χ2n) is 10.2. The van der Waals surface area contributed by atoms with Crippen LogP contribution in [0.3, 0.4) is 0 Å². The average molecular weight is 290 g/mol. The summed E-state index contributed by atoms with van der Waals surface area (Å²) in [4.78, 5) is 0. The molecule has 0 aromatic carbocycles. The van der Waals surface area contributed by atoms with Gasteiger partial charge in [0.25, 0.3) is 0 Å². The monoisotopic (exact) mass is 290 g/mol. The lowest BCUT2D eigenvalue weighted by Crippen LogP contribution is -2.56. The van der Waals surface area contributed by atoms with Crippen LogP contribution in [0.2, 0.25) is 0 Å². The lowest BCUT2D eigenvalue weighted by atomic mass is 9.43. The van der Waals surface area contributed by atoms with E-state index in [4.69, 9.17) is 0 Å². The second-order valence-corrected chi connectivity index (χ2v) is 10.2. The van der Waals surface area contributed by atoms with Crippen LogP contribution in [-0.2, 0) is 0 Å². The molecule has 4 rings (SSSR count). The van der Waals surface area contributed by atoms with E-state index in [2.05, 4.69) is 34.6 Å². The van der Waals surface area contributed by atoms with Crippen molar-refractivity contribution in [2.45, 2.75) is 85.7 Å². The fourth-order valence-corrected chi connectivity index (χ4v) is 8.52. The molecule has 4 saturated carbocycles. The van der Waals surface area contributed by atoms with Gasteiger partial charge in [0.05, 0.1) is 6.10 Å². The Labute approximate surface area is 130 Å². The summed E-state index contributed by atoms with van der Waals surface area (Å²) in [5.41, 5.74) is 1.68. The summed E-state index contributed by atoms with van der Waals surface area (Å²) >= 11 is 0. The predicted octanol–water partition coefficient (Wildman–Crippen LogP) is 5.03. The first kappa shape index (κ1) is 14.5. The molecule has 1 spiro atoms. The van der Waals surface area contributed by atoms with Crippen LogP contribution in [0.25, 0.3) is 0 Å². The van der Waals surface area contributed by atoms with E-state index in [0.29, 0.717) is 27.6 Å². The highest BCUT2D eigenvalue weighted by Crippen LogP contribution is 2.80. The average Bonchev–Trinajstić information content (AvgIpc) is 2.87. The molecule has 0 aliphatic heterocycles. The molecule has 8 atom stereocenters. The van der Waals surface area contributed by atoms with Crippen LogP contribution in [0.1, 0.15) is 79.6 Å². The van der Waals surface area contributed by atoms with Crippen LogP contribution in [0.5, 0.6) is 0 Å². The number of aliphatic hydroxyl groups is 1. The van der Waals surface area contributed by atoms with Crippen molar-refractivity contribution in [2.75, 3.05) is 0 Å². The highest BCUT2D eigenvalue weighted by Gasteiger charge is 2.75. The maximum absolute atomic E-state index is 11.1. The molecule has 21 heavy (non-hydrogen) atoms. The Morgan fingerprint density at radius 2 is 1.57 bits per heavy atom. The van der Waals surface area contributed by atoms with E-state index in [-0.39, 0.29) is 6.10 Å². The Kier molecular flexibility index (Phi) is 2.69. The SMILES string of the molecule is C[C@@H]1C[C@@]2(C)C[C@@H](O)[C@H]3[C@@]2(CC[C@]2(C)CCC[C@]32C)[C@@H]1C. The van der Waals surface area contributed by atoms with Crippen molar-refractivity contribution in [3.8, 4) is 0 Å². The lowest BCUT2D eigenvalue weighted by Gasteiger charge is -2.61. The first-order valence-electron chi connectivity index (χ1n) is 9.38. The van der Waals surface area contributed by atoms with Crippen LogP contribution >= 0.6 is 0 Å². The molecule has 0 bridgehead atoms. The standard InChI is InChI=1S/C20H34O/c1-13-11-18(4)12-15(21)16-19(5)8-6-7-17(19,3)9-10-20(16,18)14(13)2/h13-16,21H,6-12H2,1-5H3/t13-,14-,15-,16-,17+,18+,19-,20-/m1/s1. The van der Waals surface area contributed by atoms with Crippen molar-refractivity contribution < 1.29 is 5.11 Å². The molecule has 0 aromatic rings. The smallest absolute Gasteiger partial charge is 0.0584 e. The molecular formula is C20H34O. The maximum Gasteiger partial charge on any atom is 0.0584 e. The number of fused-ring (bicyclic) bond motifs is 2. The fourth-order valence-electron chi connectivity index (χ4n) is 8.52. The summed E-state index contributed by atoms with van der Waals surface area (Å²) in [5, 5.41) is 11.1. The fraction of sp³-hybridized carbons (Fsp3) is 1.00. The third kappa shape index (κ3) is 1.35. The summed E-state index contributed by atoms with van der Waals surface area (Å²) in [6, 6.07) is 0. The summed E-state index contributed by atoms with van der Waals surface area (Å²) in [6.07, 6.45) is 9.27. The van der Waals surface area contributed by atoms with Crippen LogP contribution < -0.4 is 0 Å². The van der Waals surface area contributed by atoms with Gasteiger partial charge < -0.3 is 5.11 Å². The maximum atomic E-state index is 11.1. The van der Waals surface area contributed by atoms with Gasteiger partial charge in [-0.1, -0.05) is 41.0 Å². The van der Waals surface area contributed by atoms with E-state index in [1.165, 1.54) is 38.5 Å².